The smallest absolute Gasteiger partial charge is 0.211 e. The number of anilines is 2. The lowest BCUT2D eigenvalue weighted by molar-refractivity contribution is -0.106. The van der Waals surface area contributed by atoms with E-state index >= 15 is 0 Å². The van der Waals surface area contributed by atoms with Crippen LogP contribution in [0.4, 0.5) is 11.4 Å². The van der Waals surface area contributed by atoms with Crippen LogP contribution >= 0.6 is 0 Å². The maximum atomic E-state index is 11.0. The van der Waals surface area contributed by atoms with Crippen LogP contribution in [0.3, 0.4) is 0 Å². The fourth-order valence-corrected chi connectivity index (χ4v) is 4.85. The van der Waals surface area contributed by atoms with Crippen molar-refractivity contribution in [1.29, 1.82) is 0 Å². The third-order valence-electron chi connectivity index (χ3n) is 7.23. The fraction of sp³-hybridized carbons (Fsp3) is 0.375. The van der Waals surface area contributed by atoms with Gasteiger partial charge in [-0.3, -0.25) is 14.5 Å². The first-order valence-electron chi connectivity index (χ1n) is 14.3. The molecule has 0 aliphatic rings. The molecule has 3 rings (SSSR count). The Morgan fingerprint density at radius 2 is 1.14 bits per heavy atom. The first-order valence-corrected chi connectivity index (χ1v) is 14.3. The number of phenolic OH excluding ortho intramolecular Hbond substituents is 2. The van der Waals surface area contributed by atoms with E-state index in [0.717, 1.165) is 38.5 Å². The molecule has 2 atom stereocenters. The molecule has 3 aromatic rings. The third-order valence-corrected chi connectivity index (χ3v) is 7.23. The Morgan fingerprint density at radius 1 is 0.690 bits per heavy atom. The van der Waals surface area contributed by atoms with Gasteiger partial charge in [-0.05, 0) is 98.1 Å². The lowest BCUT2D eigenvalue weighted by Gasteiger charge is -2.28. The van der Waals surface area contributed by atoms with E-state index in [1.165, 1.54) is 35.4 Å². The van der Waals surface area contributed by atoms with Crippen molar-refractivity contribution >= 4 is 24.2 Å². The Morgan fingerprint density at radius 3 is 1.57 bits per heavy atom. The van der Waals surface area contributed by atoms with Gasteiger partial charge in [-0.1, -0.05) is 36.4 Å². The van der Waals surface area contributed by atoms with Gasteiger partial charge in [-0.15, -0.1) is 0 Å². The minimum absolute atomic E-state index is 0.110. The molecule has 0 saturated carbocycles. The van der Waals surface area contributed by atoms with E-state index < -0.39 is 12.2 Å². The number of hydrogen-bond acceptors (Lipinski definition) is 8. The summed E-state index contributed by atoms with van der Waals surface area (Å²) in [4.78, 5) is 23.7. The highest BCUT2D eigenvalue weighted by Crippen LogP contribution is 2.29. The number of benzene rings is 3. The lowest BCUT2D eigenvalue weighted by Crippen LogP contribution is -2.33. The molecule has 10 nitrogen and oxygen atoms in total. The summed E-state index contributed by atoms with van der Waals surface area (Å²) >= 11 is 0. The molecule has 0 fully saturated rings. The number of carbonyl (C=O) groups excluding carboxylic acids is 2. The maximum absolute atomic E-state index is 11.0. The molecule has 3 aromatic carbocycles. The van der Waals surface area contributed by atoms with Gasteiger partial charge in [0.1, 0.15) is 11.5 Å². The molecule has 8 N–H and O–H groups in total. The van der Waals surface area contributed by atoms with Gasteiger partial charge in [0, 0.05) is 13.1 Å². The number of amides is 2. The summed E-state index contributed by atoms with van der Waals surface area (Å²) in [6, 6.07) is 17.7. The van der Waals surface area contributed by atoms with Crippen molar-refractivity contribution in [2.24, 2.45) is 5.73 Å². The Balaban J connectivity index is 1.66. The van der Waals surface area contributed by atoms with E-state index in [1.54, 1.807) is 12.1 Å². The third kappa shape index (κ3) is 10.1. The van der Waals surface area contributed by atoms with Crippen LogP contribution in [-0.4, -0.2) is 64.3 Å². The number of nitrogens with zero attached hydrogens (tertiary/aromatic N) is 1. The second-order valence-electron chi connectivity index (χ2n) is 10.4. The number of hydrogen-bond donors (Lipinski definition) is 7. The summed E-state index contributed by atoms with van der Waals surface area (Å²) in [6.45, 7) is 1.69. The van der Waals surface area contributed by atoms with E-state index in [9.17, 15) is 30.0 Å². The molecule has 2 amide bonds. The molecule has 0 bridgehead atoms. The minimum atomic E-state index is -0.955. The first-order chi connectivity index (χ1) is 20.3. The van der Waals surface area contributed by atoms with Gasteiger partial charge in [-0.2, -0.15) is 0 Å². The Labute approximate surface area is 246 Å². The van der Waals surface area contributed by atoms with Gasteiger partial charge in [0.2, 0.25) is 12.8 Å². The highest BCUT2D eigenvalue weighted by molar-refractivity contribution is 5.76. The zero-order valence-corrected chi connectivity index (χ0v) is 23.8. The average molecular weight is 579 g/mol. The average Bonchev–Trinajstić information content (AvgIpc) is 2.98. The Hall–Kier alpha value is -3.96. The SMILES string of the molecule is NCCCCc1ccc(CCCCN(CC(O)c2ccc(O)c(NC=O)c2)CC(O)c2ccc(O)c(NC=O)c2)cc1. The van der Waals surface area contributed by atoms with Crippen LogP contribution in [0, 0.1) is 0 Å². The molecule has 226 valence electrons. The summed E-state index contributed by atoms with van der Waals surface area (Å²) in [5.74, 6) is -0.220. The number of aromatic hydroxyl groups is 2. The van der Waals surface area contributed by atoms with Crippen molar-refractivity contribution in [3.05, 3.63) is 82.9 Å². The second kappa shape index (κ2) is 17.1. The molecule has 10 heteroatoms. The minimum Gasteiger partial charge on any atom is -0.506 e. The highest BCUT2D eigenvalue weighted by atomic mass is 16.3. The van der Waals surface area contributed by atoms with Crippen LogP contribution in [0.25, 0.3) is 0 Å². The largest absolute Gasteiger partial charge is 0.506 e. The van der Waals surface area contributed by atoms with Crippen LogP contribution in [0.5, 0.6) is 11.5 Å². The summed E-state index contributed by atoms with van der Waals surface area (Å²) in [5.41, 5.74) is 9.54. The van der Waals surface area contributed by atoms with Crippen LogP contribution in [0.15, 0.2) is 60.7 Å². The number of unbranched alkanes of at least 4 members (excludes halogenated alkanes) is 2. The van der Waals surface area contributed by atoms with E-state index in [4.69, 9.17) is 5.73 Å². The number of nitrogens with one attached hydrogen (secondary N) is 2. The van der Waals surface area contributed by atoms with Crippen molar-refractivity contribution in [3.63, 3.8) is 0 Å². The maximum Gasteiger partial charge on any atom is 0.211 e. The van der Waals surface area contributed by atoms with E-state index in [2.05, 4.69) is 34.9 Å². The quantitative estimate of drug-likeness (QED) is 0.0643. The van der Waals surface area contributed by atoms with E-state index in [1.807, 2.05) is 4.90 Å². The fourth-order valence-electron chi connectivity index (χ4n) is 4.85. The monoisotopic (exact) mass is 578 g/mol. The summed E-state index contributed by atoms with van der Waals surface area (Å²) in [5, 5.41) is 46.8. The van der Waals surface area contributed by atoms with Crippen LogP contribution < -0.4 is 16.4 Å². The molecular weight excluding hydrogens is 536 g/mol. The number of aliphatic hydroxyl groups is 2. The molecule has 0 aliphatic carbocycles. The van der Waals surface area contributed by atoms with Gasteiger partial charge in [-0.25, -0.2) is 0 Å². The van der Waals surface area contributed by atoms with E-state index in [-0.39, 0.29) is 36.0 Å². The molecule has 0 aliphatic heterocycles. The van der Waals surface area contributed by atoms with Crippen LogP contribution in [0.1, 0.15) is 60.1 Å². The van der Waals surface area contributed by atoms with Gasteiger partial charge in [0.15, 0.2) is 0 Å². The topological polar surface area (TPSA) is 168 Å². The molecular formula is C32H42N4O6. The van der Waals surface area contributed by atoms with Gasteiger partial charge in [0.05, 0.1) is 23.6 Å². The van der Waals surface area contributed by atoms with Crippen molar-refractivity contribution in [2.75, 3.05) is 36.8 Å². The zero-order chi connectivity index (χ0) is 30.3. The van der Waals surface area contributed by atoms with Crippen molar-refractivity contribution in [3.8, 4) is 11.5 Å². The second-order valence-corrected chi connectivity index (χ2v) is 10.4. The highest BCUT2D eigenvalue weighted by Gasteiger charge is 2.20. The van der Waals surface area contributed by atoms with Crippen molar-refractivity contribution < 1.29 is 30.0 Å². The molecule has 0 radical (unpaired) electrons. The van der Waals surface area contributed by atoms with Crippen LogP contribution in [-0.2, 0) is 22.4 Å². The van der Waals surface area contributed by atoms with Crippen molar-refractivity contribution in [1.82, 2.24) is 4.90 Å². The predicted molar refractivity (Wildman–Crippen MR) is 163 cm³/mol. The Kier molecular flexibility index (Phi) is 13.3. The number of rotatable bonds is 19. The van der Waals surface area contributed by atoms with Gasteiger partial charge >= 0.3 is 0 Å². The number of aliphatic hydroxyl groups excluding tert-OH is 2. The Bertz CT molecular complexity index is 1200. The van der Waals surface area contributed by atoms with E-state index in [0.29, 0.717) is 37.0 Å². The molecule has 0 aromatic heterocycles. The summed E-state index contributed by atoms with van der Waals surface area (Å²) in [7, 11) is 0. The predicted octanol–water partition coefficient (Wildman–Crippen LogP) is 3.61. The molecule has 2 unspecified atom stereocenters. The van der Waals surface area contributed by atoms with Crippen molar-refractivity contribution in [2.45, 2.75) is 50.7 Å². The molecule has 0 saturated heterocycles. The lowest BCUT2D eigenvalue weighted by atomic mass is 10.0. The number of aryl methyl sites for hydroxylation is 2. The number of carbonyl (C=O) groups is 2. The first kappa shape index (κ1) is 32.6. The van der Waals surface area contributed by atoms with Gasteiger partial charge in [0.25, 0.3) is 0 Å². The summed E-state index contributed by atoms with van der Waals surface area (Å²) < 4.78 is 0. The number of nitrogens with two attached hydrogens (primary N) is 1. The zero-order valence-electron chi connectivity index (χ0n) is 23.8. The normalized spacial score (nSPS) is 12.6. The van der Waals surface area contributed by atoms with Crippen LogP contribution in [0.2, 0.25) is 0 Å². The molecule has 0 spiro atoms. The molecule has 42 heavy (non-hydrogen) atoms. The van der Waals surface area contributed by atoms with Gasteiger partial charge < -0.3 is 36.8 Å². The summed E-state index contributed by atoms with van der Waals surface area (Å²) in [6.07, 6.45) is 4.76. The molecule has 0 heterocycles. The standard InChI is InChI=1S/C32H42N4O6/c33-15-3-1-5-23-7-9-24(10-8-23)6-2-4-16-36(19-31(41)25-11-13-29(39)27(17-25)34-21-37)20-32(42)26-12-14-30(40)28(18-26)35-22-38/h7-14,17-18,21-22,31-32,39-42H,1-6,15-16,19-20,33H2,(H,34,37)(H,35,38). The number of phenols is 2.